The summed E-state index contributed by atoms with van der Waals surface area (Å²) in [5.74, 6) is -1.41. The topological polar surface area (TPSA) is 75.4 Å². The number of hydrogen-bond donors (Lipinski definition) is 1. The van der Waals surface area contributed by atoms with Gasteiger partial charge in [-0.1, -0.05) is 30.3 Å². The number of hydrogen-bond acceptors (Lipinski definition) is 3. The van der Waals surface area contributed by atoms with Crippen molar-refractivity contribution in [3.63, 3.8) is 0 Å². The van der Waals surface area contributed by atoms with Crippen molar-refractivity contribution in [3.05, 3.63) is 53.9 Å². The molecule has 3 rings (SSSR count). The fraction of sp³-hybridized carbons (Fsp3) is 0.421. The van der Waals surface area contributed by atoms with Crippen molar-refractivity contribution in [2.24, 2.45) is 13.0 Å². The first-order valence-electron chi connectivity index (χ1n) is 8.61. The van der Waals surface area contributed by atoms with Crippen LogP contribution in [0, 0.1) is 5.92 Å². The summed E-state index contributed by atoms with van der Waals surface area (Å²) in [5, 5.41) is 13.8. The van der Waals surface area contributed by atoms with Crippen LogP contribution in [0.25, 0.3) is 0 Å². The highest BCUT2D eigenvalue weighted by molar-refractivity contribution is 5.81. The van der Waals surface area contributed by atoms with Gasteiger partial charge >= 0.3 is 5.97 Å². The van der Waals surface area contributed by atoms with Gasteiger partial charge in [-0.2, -0.15) is 5.10 Å². The normalized spacial score (nSPS) is 20.7. The number of carbonyl (C=O) groups is 2. The molecule has 2 aromatic rings. The van der Waals surface area contributed by atoms with Gasteiger partial charge < -0.3 is 10.0 Å². The van der Waals surface area contributed by atoms with E-state index in [0.717, 1.165) is 18.4 Å². The highest BCUT2D eigenvalue weighted by atomic mass is 16.4. The number of aromatic nitrogens is 2. The molecule has 2 heterocycles. The van der Waals surface area contributed by atoms with E-state index >= 15 is 0 Å². The molecule has 1 aliphatic heterocycles. The van der Waals surface area contributed by atoms with Crippen LogP contribution in [-0.2, 0) is 23.1 Å². The fourth-order valence-corrected chi connectivity index (χ4v) is 3.58. The number of aliphatic carboxylic acids is 1. The monoisotopic (exact) mass is 341 g/mol. The van der Waals surface area contributed by atoms with E-state index in [4.69, 9.17) is 0 Å². The maximum Gasteiger partial charge on any atom is 0.308 e. The second-order valence-electron chi connectivity index (χ2n) is 6.55. The summed E-state index contributed by atoms with van der Waals surface area (Å²) in [4.78, 5) is 26.0. The largest absolute Gasteiger partial charge is 0.481 e. The quantitative estimate of drug-likeness (QED) is 0.875. The molecule has 132 valence electrons. The summed E-state index contributed by atoms with van der Waals surface area (Å²) in [6.07, 6.45) is 5.82. The molecule has 6 nitrogen and oxygen atoms in total. The Morgan fingerprint density at radius 1 is 1.32 bits per heavy atom. The first kappa shape index (κ1) is 17.2. The Morgan fingerprint density at radius 2 is 2.08 bits per heavy atom. The van der Waals surface area contributed by atoms with E-state index in [1.54, 1.807) is 22.8 Å². The molecule has 2 unspecified atom stereocenters. The van der Waals surface area contributed by atoms with E-state index in [0.29, 0.717) is 19.4 Å². The van der Waals surface area contributed by atoms with Crippen LogP contribution in [0.3, 0.4) is 0 Å². The lowest BCUT2D eigenvalue weighted by molar-refractivity contribution is -0.152. The summed E-state index contributed by atoms with van der Waals surface area (Å²) >= 11 is 0. The Hall–Kier alpha value is -2.63. The SMILES string of the molecule is Cn1cc(C2C(C(=O)O)CCC(=O)N2CCCc2ccccc2)cn1. The molecule has 1 aromatic carbocycles. The van der Waals surface area contributed by atoms with Crippen LogP contribution in [0.1, 0.15) is 36.4 Å². The third-order valence-corrected chi connectivity index (χ3v) is 4.80. The zero-order chi connectivity index (χ0) is 17.8. The number of carboxylic acid groups (broad SMARTS) is 1. The molecule has 0 saturated carbocycles. The highest BCUT2D eigenvalue weighted by Crippen LogP contribution is 2.36. The first-order valence-corrected chi connectivity index (χ1v) is 8.61. The molecular formula is C19H23N3O3. The molecule has 0 spiro atoms. The number of carboxylic acids is 1. The number of carbonyl (C=O) groups excluding carboxylic acids is 1. The minimum atomic E-state index is -0.852. The highest BCUT2D eigenvalue weighted by Gasteiger charge is 2.40. The summed E-state index contributed by atoms with van der Waals surface area (Å²) in [5.41, 5.74) is 2.02. The van der Waals surface area contributed by atoms with Crippen molar-refractivity contribution < 1.29 is 14.7 Å². The minimum Gasteiger partial charge on any atom is -0.481 e. The molecule has 1 fully saturated rings. The molecule has 6 heteroatoms. The Labute approximate surface area is 147 Å². The second-order valence-corrected chi connectivity index (χ2v) is 6.55. The van der Waals surface area contributed by atoms with Gasteiger partial charge in [-0.05, 0) is 24.8 Å². The van der Waals surface area contributed by atoms with Crippen molar-refractivity contribution >= 4 is 11.9 Å². The average molecular weight is 341 g/mol. The Bertz CT molecular complexity index is 741. The van der Waals surface area contributed by atoms with E-state index in [1.165, 1.54) is 5.56 Å². The number of piperidine rings is 1. The lowest BCUT2D eigenvalue weighted by Gasteiger charge is -2.39. The predicted molar refractivity (Wildman–Crippen MR) is 92.8 cm³/mol. The first-order chi connectivity index (χ1) is 12.1. The fourth-order valence-electron chi connectivity index (χ4n) is 3.58. The van der Waals surface area contributed by atoms with Crippen LogP contribution in [0.15, 0.2) is 42.7 Å². The van der Waals surface area contributed by atoms with Crippen molar-refractivity contribution in [1.29, 1.82) is 0 Å². The van der Waals surface area contributed by atoms with Crippen LogP contribution < -0.4 is 0 Å². The maximum absolute atomic E-state index is 12.5. The predicted octanol–water partition coefficient (Wildman–Crippen LogP) is 2.42. The van der Waals surface area contributed by atoms with Gasteiger partial charge in [-0.3, -0.25) is 14.3 Å². The molecule has 1 saturated heterocycles. The van der Waals surface area contributed by atoms with Crippen molar-refractivity contribution in [2.45, 2.75) is 31.7 Å². The maximum atomic E-state index is 12.5. The molecule has 1 aromatic heterocycles. The number of benzene rings is 1. The minimum absolute atomic E-state index is 0.0272. The Balaban J connectivity index is 1.77. The van der Waals surface area contributed by atoms with Gasteiger partial charge in [0.05, 0.1) is 18.2 Å². The van der Waals surface area contributed by atoms with E-state index < -0.39 is 17.9 Å². The summed E-state index contributed by atoms with van der Waals surface area (Å²) in [6, 6.07) is 9.67. The molecule has 1 N–H and O–H groups in total. The number of rotatable bonds is 6. The second kappa shape index (κ2) is 7.51. The third-order valence-electron chi connectivity index (χ3n) is 4.80. The van der Waals surface area contributed by atoms with Gasteiger partial charge in [-0.15, -0.1) is 0 Å². The van der Waals surface area contributed by atoms with E-state index in [2.05, 4.69) is 17.2 Å². The molecule has 0 radical (unpaired) electrons. The number of aryl methyl sites for hydroxylation is 2. The van der Waals surface area contributed by atoms with E-state index in [9.17, 15) is 14.7 Å². The standard InChI is InChI=1S/C19H23N3O3/c1-21-13-15(12-20-21)18-16(19(24)25)9-10-17(23)22(18)11-5-8-14-6-3-2-4-7-14/h2-4,6-7,12-13,16,18H,5,8-11H2,1H3,(H,24,25). The molecule has 1 aliphatic rings. The van der Waals surface area contributed by atoms with Crippen LogP contribution in [0.5, 0.6) is 0 Å². The lowest BCUT2D eigenvalue weighted by Crippen LogP contribution is -2.45. The average Bonchev–Trinajstić information content (AvgIpc) is 3.03. The van der Waals surface area contributed by atoms with Crippen molar-refractivity contribution in [3.8, 4) is 0 Å². The van der Waals surface area contributed by atoms with Crippen LogP contribution >= 0.6 is 0 Å². The van der Waals surface area contributed by atoms with Crippen LogP contribution in [0.4, 0.5) is 0 Å². The van der Waals surface area contributed by atoms with Crippen LogP contribution in [-0.4, -0.2) is 38.2 Å². The molecule has 0 bridgehead atoms. The number of amides is 1. The summed E-state index contributed by atoms with van der Waals surface area (Å²) in [7, 11) is 1.80. The smallest absolute Gasteiger partial charge is 0.308 e. The van der Waals surface area contributed by atoms with Crippen molar-refractivity contribution in [2.75, 3.05) is 6.54 Å². The number of nitrogens with zero attached hydrogens (tertiary/aromatic N) is 3. The van der Waals surface area contributed by atoms with Gasteiger partial charge in [0.2, 0.25) is 5.91 Å². The molecular weight excluding hydrogens is 318 g/mol. The van der Waals surface area contributed by atoms with E-state index in [-0.39, 0.29) is 5.91 Å². The van der Waals surface area contributed by atoms with E-state index in [1.807, 2.05) is 24.4 Å². The Kier molecular flexibility index (Phi) is 5.16. The summed E-state index contributed by atoms with van der Waals surface area (Å²) in [6.45, 7) is 0.553. The molecule has 1 amide bonds. The summed E-state index contributed by atoms with van der Waals surface area (Å²) < 4.78 is 1.65. The van der Waals surface area contributed by atoms with Crippen molar-refractivity contribution in [1.82, 2.24) is 14.7 Å². The third kappa shape index (κ3) is 3.90. The lowest BCUT2D eigenvalue weighted by atomic mass is 9.85. The van der Waals surface area contributed by atoms with Gasteiger partial charge in [0, 0.05) is 31.8 Å². The number of likely N-dealkylation sites (tertiary alicyclic amines) is 1. The zero-order valence-electron chi connectivity index (χ0n) is 14.3. The van der Waals surface area contributed by atoms with Gasteiger partial charge in [0.15, 0.2) is 0 Å². The molecule has 25 heavy (non-hydrogen) atoms. The van der Waals surface area contributed by atoms with Crippen LogP contribution in [0.2, 0.25) is 0 Å². The zero-order valence-corrected chi connectivity index (χ0v) is 14.3. The molecule has 0 aliphatic carbocycles. The van der Waals surface area contributed by atoms with Gasteiger partial charge in [-0.25, -0.2) is 0 Å². The molecule has 2 atom stereocenters. The van der Waals surface area contributed by atoms with Gasteiger partial charge in [0.1, 0.15) is 0 Å². The van der Waals surface area contributed by atoms with Gasteiger partial charge in [0.25, 0.3) is 0 Å². The Morgan fingerprint density at radius 3 is 2.72 bits per heavy atom.